The van der Waals surface area contributed by atoms with Crippen molar-refractivity contribution in [3.05, 3.63) is 143 Å². The summed E-state index contributed by atoms with van der Waals surface area (Å²) >= 11 is 0. The van der Waals surface area contributed by atoms with Crippen LogP contribution in [-0.4, -0.2) is 55.3 Å². The van der Waals surface area contributed by atoms with Crippen molar-refractivity contribution in [2.24, 2.45) is 5.92 Å². The van der Waals surface area contributed by atoms with Gasteiger partial charge >= 0.3 is 5.69 Å². The number of H-pyrrole nitrogens is 1. The molecule has 2 aromatic heterocycles. The number of benzene rings is 3. The Morgan fingerprint density at radius 3 is 2.31 bits per heavy atom. The van der Waals surface area contributed by atoms with Gasteiger partial charge in [-0.15, -0.1) is 0 Å². The van der Waals surface area contributed by atoms with Gasteiger partial charge < -0.3 is 35.5 Å². The number of rotatable bonds is 15. The zero-order chi connectivity index (χ0) is 42.3. The van der Waals surface area contributed by atoms with E-state index in [1.54, 1.807) is 27.7 Å². The van der Waals surface area contributed by atoms with Crippen LogP contribution in [0.1, 0.15) is 64.1 Å². The zero-order valence-corrected chi connectivity index (χ0v) is 31.9. The second-order valence-electron chi connectivity index (χ2n) is 13.5. The molecule has 5 aromatic rings. The van der Waals surface area contributed by atoms with Crippen LogP contribution in [0.2, 0.25) is 0 Å². The Labute approximate surface area is 328 Å². The SMILES string of the molecule is Cc1noc(C)c1COc1ccc([N+](=O)[O-])cc1C(=O)Nc1cccc(C(=O)N[C@H](C(=O)N[C@@H](C)C(=O)Nc2ccc(Cn3c(=O)[nH]cc(F)c3=O)cc2)C(C)C)c1. The number of hydrogen-bond acceptors (Lipinski definition) is 11. The van der Waals surface area contributed by atoms with Gasteiger partial charge in [-0.3, -0.25) is 38.7 Å². The highest BCUT2D eigenvalue weighted by molar-refractivity contribution is 6.07. The van der Waals surface area contributed by atoms with Gasteiger partial charge in [-0.25, -0.2) is 4.79 Å². The number of nitrogens with zero attached hydrogens (tertiary/aromatic N) is 3. The van der Waals surface area contributed by atoms with Gasteiger partial charge in [-0.1, -0.05) is 37.2 Å². The maximum absolute atomic E-state index is 13.6. The maximum atomic E-state index is 13.6. The molecule has 0 fully saturated rings. The third-order valence-electron chi connectivity index (χ3n) is 8.92. The van der Waals surface area contributed by atoms with Crippen molar-refractivity contribution in [1.29, 1.82) is 0 Å². The molecule has 0 unspecified atom stereocenters. The van der Waals surface area contributed by atoms with Crippen molar-refractivity contribution in [1.82, 2.24) is 25.3 Å². The molecule has 0 aliphatic heterocycles. The first-order valence-electron chi connectivity index (χ1n) is 17.8. The molecule has 19 heteroatoms. The first-order chi connectivity index (χ1) is 27.5. The number of carbonyl (C=O) groups is 4. The van der Waals surface area contributed by atoms with Gasteiger partial charge in [0, 0.05) is 35.3 Å². The summed E-state index contributed by atoms with van der Waals surface area (Å²) in [5.74, 6) is -3.62. The van der Waals surface area contributed by atoms with Gasteiger partial charge in [-0.05, 0) is 68.7 Å². The van der Waals surface area contributed by atoms with E-state index in [0.29, 0.717) is 39.0 Å². The molecule has 5 rings (SSSR count). The molecule has 302 valence electrons. The second-order valence-corrected chi connectivity index (χ2v) is 13.5. The summed E-state index contributed by atoms with van der Waals surface area (Å²) in [6.07, 6.45) is 0.684. The van der Waals surface area contributed by atoms with E-state index < -0.39 is 63.6 Å². The number of hydrogen-bond donors (Lipinski definition) is 5. The summed E-state index contributed by atoms with van der Waals surface area (Å²) < 4.78 is 25.3. The van der Waals surface area contributed by atoms with Crippen molar-refractivity contribution in [2.45, 2.75) is 59.9 Å². The molecular weight excluding hydrogens is 759 g/mol. The van der Waals surface area contributed by atoms with E-state index in [2.05, 4.69) is 31.4 Å². The number of aromatic amines is 1. The van der Waals surface area contributed by atoms with Crippen LogP contribution < -0.4 is 37.3 Å². The number of aromatic nitrogens is 3. The smallest absolute Gasteiger partial charge is 0.328 e. The first kappa shape index (κ1) is 41.7. The number of non-ortho nitro benzene ring substituents is 1. The van der Waals surface area contributed by atoms with Gasteiger partial charge in [0.2, 0.25) is 17.6 Å². The van der Waals surface area contributed by atoms with E-state index in [1.807, 2.05) is 0 Å². The Hall–Kier alpha value is -7.44. The summed E-state index contributed by atoms with van der Waals surface area (Å²) in [5.41, 5.74) is -0.0556. The Morgan fingerprint density at radius 2 is 1.66 bits per heavy atom. The van der Waals surface area contributed by atoms with Crippen molar-refractivity contribution in [3.63, 3.8) is 0 Å². The average Bonchev–Trinajstić information content (AvgIpc) is 3.51. The number of carbonyl (C=O) groups excluding carboxylic acids is 4. The normalized spacial score (nSPS) is 12.0. The summed E-state index contributed by atoms with van der Waals surface area (Å²) in [6, 6.07) is 13.3. The number of aryl methyl sites for hydroxylation is 2. The number of anilines is 2. The minimum absolute atomic E-state index is 0.0207. The van der Waals surface area contributed by atoms with E-state index in [1.165, 1.54) is 67.6 Å². The number of halogens is 1. The minimum atomic E-state index is -1.11. The van der Waals surface area contributed by atoms with Gasteiger partial charge in [0.05, 0.1) is 28.3 Å². The molecule has 5 N–H and O–H groups in total. The molecule has 2 atom stereocenters. The molecular formula is C39H39FN8O10. The molecule has 0 bridgehead atoms. The van der Waals surface area contributed by atoms with E-state index in [9.17, 15) is 43.3 Å². The van der Waals surface area contributed by atoms with Crippen LogP contribution in [0.5, 0.6) is 5.75 Å². The molecule has 2 heterocycles. The topological polar surface area (TPSA) is 250 Å². The fourth-order valence-electron chi connectivity index (χ4n) is 5.61. The van der Waals surface area contributed by atoms with E-state index in [0.717, 1.165) is 6.07 Å². The van der Waals surface area contributed by atoms with Crippen LogP contribution in [0, 0.1) is 35.7 Å². The highest BCUT2D eigenvalue weighted by Gasteiger charge is 2.28. The first-order valence-corrected chi connectivity index (χ1v) is 17.8. The van der Waals surface area contributed by atoms with Gasteiger partial charge in [0.15, 0.2) is 0 Å². The van der Waals surface area contributed by atoms with Gasteiger partial charge in [0.1, 0.15) is 30.2 Å². The lowest BCUT2D eigenvalue weighted by Gasteiger charge is -2.24. The van der Waals surface area contributed by atoms with Crippen LogP contribution in [0.25, 0.3) is 0 Å². The molecule has 0 spiro atoms. The lowest BCUT2D eigenvalue weighted by molar-refractivity contribution is -0.384. The third-order valence-corrected chi connectivity index (χ3v) is 8.92. The minimum Gasteiger partial charge on any atom is -0.488 e. The molecule has 58 heavy (non-hydrogen) atoms. The van der Waals surface area contributed by atoms with Gasteiger partial charge in [0.25, 0.3) is 23.1 Å². The quantitative estimate of drug-likeness (QED) is 0.0749. The average molecular weight is 799 g/mol. The zero-order valence-electron chi connectivity index (χ0n) is 31.9. The predicted octanol–water partition coefficient (Wildman–Crippen LogP) is 3.97. The molecule has 0 saturated heterocycles. The van der Waals surface area contributed by atoms with Crippen molar-refractivity contribution >= 4 is 40.7 Å². The largest absolute Gasteiger partial charge is 0.488 e. The summed E-state index contributed by atoms with van der Waals surface area (Å²) in [6.45, 7) is 8.03. The number of ether oxygens (including phenoxy) is 1. The molecule has 0 aliphatic carbocycles. The summed E-state index contributed by atoms with van der Waals surface area (Å²) in [7, 11) is 0. The Balaban J connectivity index is 1.20. The summed E-state index contributed by atoms with van der Waals surface area (Å²) in [4.78, 5) is 90.2. The number of nitrogens with one attached hydrogen (secondary N) is 5. The van der Waals surface area contributed by atoms with Crippen molar-refractivity contribution < 1.29 is 37.8 Å². The maximum Gasteiger partial charge on any atom is 0.328 e. The molecule has 18 nitrogen and oxygen atoms in total. The molecule has 0 radical (unpaired) electrons. The molecule has 3 aromatic carbocycles. The predicted molar refractivity (Wildman–Crippen MR) is 207 cm³/mol. The van der Waals surface area contributed by atoms with E-state index in [4.69, 9.17) is 9.26 Å². The Morgan fingerprint density at radius 1 is 0.931 bits per heavy atom. The van der Waals surface area contributed by atoms with Crippen LogP contribution in [0.4, 0.5) is 21.5 Å². The van der Waals surface area contributed by atoms with Crippen LogP contribution >= 0.6 is 0 Å². The second kappa shape index (κ2) is 18.0. The third kappa shape index (κ3) is 10.0. The monoisotopic (exact) mass is 798 g/mol. The Bertz CT molecular complexity index is 2470. The number of amides is 4. The van der Waals surface area contributed by atoms with E-state index in [-0.39, 0.29) is 41.4 Å². The van der Waals surface area contributed by atoms with Gasteiger partial charge in [-0.2, -0.15) is 4.39 Å². The number of nitro groups is 1. The van der Waals surface area contributed by atoms with Crippen molar-refractivity contribution in [3.8, 4) is 5.75 Å². The molecule has 0 saturated carbocycles. The van der Waals surface area contributed by atoms with Crippen LogP contribution in [-0.2, 0) is 22.7 Å². The van der Waals surface area contributed by atoms with Crippen LogP contribution in [0.3, 0.4) is 0 Å². The number of nitro benzene ring substituents is 1. The molecule has 4 amide bonds. The standard InChI is InChI=1S/C39H39FN8O10/c1-20(2)33(37(52)42-22(4)34(49)43-26-11-9-24(10-12-26)18-47-38(53)31(40)17-41-39(47)54)45-35(50)25-7-6-8-27(15-25)44-36(51)29-16-28(48(55)56)13-14-32(29)57-19-30-21(3)46-58-23(30)5/h6-17,20,22,33H,18-19H2,1-5H3,(H,41,54)(H,42,52)(H,43,49)(H,44,51)(H,45,50)/t22-,33-/m0/s1. The Kier molecular flexibility index (Phi) is 13.0. The fraction of sp³-hybridized carbons (Fsp3) is 0.256. The highest BCUT2D eigenvalue weighted by atomic mass is 19.1. The fourth-order valence-corrected chi connectivity index (χ4v) is 5.61. The summed E-state index contributed by atoms with van der Waals surface area (Å²) in [5, 5.41) is 25.9. The lowest BCUT2D eigenvalue weighted by Crippen LogP contribution is -2.53. The highest BCUT2D eigenvalue weighted by Crippen LogP contribution is 2.27. The van der Waals surface area contributed by atoms with Crippen molar-refractivity contribution in [2.75, 3.05) is 10.6 Å². The van der Waals surface area contributed by atoms with Crippen LogP contribution in [0.15, 0.2) is 87.0 Å². The molecule has 0 aliphatic rings. The lowest BCUT2D eigenvalue weighted by atomic mass is 10.0. The van der Waals surface area contributed by atoms with E-state index >= 15 is 0 Å².